The molecule has 0 saturated heterocycles. The van der Waals surface area contributed by atoms with Gasteiger partial charge in [-0.2, -0.15) is 0 Å². The maximum Gasteiger partial charge on any atom is 0.309 e. The molecule has 2 fully saturated rings. The average molecular weight is 304 g/mol. The summed E-state index contributed by atoms with van der Waals surface area (Å²) in [6.45, 7) is 0.426. The molecule has 0 heterocycles. The number of carbonyl (C=O) groups excluding carboxylic acids is 2. The summed E-state index contributed by atoms with van der Waals surface area (Å²) in [5.41, 5.74) is 0.891. The zero-order chi connectivity index (χ0) is 15.6. The van der Waals surface area contributed by atoms with Gasteiger partial charge in [-0.1, -0.05) is 25.0 Å². The lowest BCUT2D eigenvalue weighted by Crippen LogP contribution is -2.45. The minimum Gasteiger partial charge on any atom is -0.347 e. The lowest BCUT2D eigenvalue weighted by atomic mass is 9.96. The van der Waals surface area contributed by atoms with Gasteiger partial charge in [0.25, 0.3) is 0 Å². The van der Waals surface area contributed by atoms with Crippen LogP contribution in [0.3, 0.4) is 0 Å². The minimum absolute atomic E-state index is 0.128. The van der Waals surface area contributed by atoms with Crippen LogP contribution in [0.15, 0.2) is 24.3 Å². The van der Waals surface area contributed by atoms with E-state index in [2.05, 4.69) is 10.6 Å². The molecule has 2 N–H and O–H groups in total. The van der Waals surface area contributed by atoms with Crippen molar-refractivity contribution in [2.24, 2.45) is 0 Å². The van der Waals surface area contributed by atoms with Gasteiger partial charge in [-0.3, -0.25) is 9.59 Å². The first-order chi connectivity index (χ1) is 10.6. The molecule has 1 aromatic carbocycles. The van der Waals surface area contributed by atoms with Gasteiger partial charge in [-0.15, -0.1) is 0 Å². The van der Waals surface area contributed by atoms with Crippen LogP contribution < -0.4 is 10.6 Å². The summed E-state index contributed by atoms with van der Waals surface area (Å²) in [6.07, 6.45) is 6.03. The summed E-state index contributed by atoms with van der Waals surface area (Å²) < 4.78 is 13.0. The molecule has 0 atom stereocenters. The summed E-state index contributed by atoms with van der Waals surface area (Å²) in [4.78, 5) is 23.8. The van der Waals surface area contributed by atoms with Crippen LogP contribution >= 0.6 is 0 Å². The Kier molecular flexibility index (Phi) is 4.14. The molecular weight excluding hydrogens is 283 g/mol. The van der Waals surface area contributed by atoms with Crippen molar-refractivity contribution < 1.29 is 14.0 Å². The van der Waals surface area contributed by atoms with Gasteiger partial charge in [-0.25, -0.2) is 4.39 Å². The second-order valence-corrected chi connectivity index (χ2v) is 6.42. The molecule has 4 nitrogen and oxygen atoms in total. The molecule has 3 rings (SSSR count). The van der Waals surface area contributed by atoms with Gasteiger partial charge in [0.15, 0.2) is 0 Å². The van der Waals surface area contributed by atoms with E-state index in [1.807, 2.05) is 0 Å². The predicted molar refractivity (Wildman–Crippen MR) is 80.7 cm³/mol. The van der Waals surface area contributed by atoms with Gasteiger partial charge in [0.05, 0.1) is 0 Å². The highest BCUT2D eigenvalue weighted by Crippen LogP contribution is 2.47. The standard InChI is InChI=1S/C17H21FN2O2/c18-13-7-5-12(6-8-13)17(9-10-17)11-19-15(21)16(22)20-14-3-1-2-4-14/h5-8,14H,1-4,9-11H2,(H,19,21)(H,20,22). The number of benzene rings is 1. The third-order valence-electron chi connectivity index (χ3n) is 4.79. The minimum atomic E-state index is -0.569. The fourth-order valence-corrected chi connectivity index (χ4v) is 3.17. The first kappa shape index (κ1) is 15.0. The van der Waals surface area contributed by atoms with Crippen molar-refractivity contribution in [1.82, 2.24) is 10.6 Å². The Bertz CT molecular complexity index is 561. The number of halogens is 1. The van der Waals surface area contributed by atoms with Crippen LogP contribution in [0, 0.1) is 5.82 Å². The fourth-order valence-electron chi connectivity index (χ4n) is 3.17. The molecule has 0 aromatic heterocycles. The molecular formula is C17H21FN2O2. The smallest absolute Gasteiger partial charge is 0.309 e. The first-order valence-electron chi connectivity index (χ1n) is 7.94. The van der Waals surface area contributed by atoms with Crippen molar-refractivity contribution in [2.45, 2.75) is 50.0 Å². The number of amides is 2. The second kappa shape index (κ2) is 6.07. The SMILES string of the molecule is O=C(NCC1(c2ccc(F)cc2)CC1)C(=O)NC1CCCC1. The van der Waals surface area contributed by atoms with Crippen molar-refractivity contribution in [3.05, 3.63) is 35.6 Å². The van der Waals surface area contributed by atoms with Crippen molar-refractivity contribution in [3.8, 4) is 0 Å². The van der Waals surface area contributed by atoms with Crippen LogP contribution in [0.2, 0.25) is 0 Å². The lowest BCUT2D eigenvalue weighted by Gasteiger charge is -2.17. The Morgan fingerprint density at radius 2 is 1.73 bits per heavy atom. The molecule has 2 aliphatic carbocycles. The molecule has 0 radical (unpaired) electrons. The highest BCUT2D eigenvalue weighted by Gasteiger charge is 2.44. The molecule has 2 amide bonds. The van der Waals surface area contributed by atoms with Crippen LogP contribution in [0.1, 0.15) is 44.1 Å². The average Bonchev–Trinajstić information content (AvgIpc) is 3.14. The van der Waals surface area contributed by atoms with Crippen LogP contribution in [0.5, 0.6) is 0 Å². The number of carbonyl (C=O) groups is 2. The van der Waals surface area contributed by atoms with Gasteiger partial charge in [0, 0.05) is 18.0 Å². The van der Waals surface area contributed by atoms with Crippen LogP contribution in [0.4, 0.5) is 4.39 Å². The van der Waals surface area contributed by atoms with Gasteiger partial charge in [0.1, 0.15) is 5.82 Å². The van der Waals surface area contributed by atoms with Gasteiger partial charge in [0.2, 0.25) is 0 Å². The van der Waals surface area contributed by atoms with Crippen LogP contribution in [-0.2, 0) is 15.0 Å². The summed E-state index contributed by atoms with van der Waals surface area (Å²) in [5.74, 6) is -1.37. The van der Waals surface area contributed by atoms with E-state index in [4.69, 9.17) is 0 Å². The zero-order valence-electron chi connectivity index (χ0n) is 12.5. The van der Waals surface area contributed by atoms with Gasteiger partial charge >= 0.3 is 11.8 Å². The molecule has 2 aliphatic rings. The molecule has 2 saturated carbocycles. The zero-order valence-corrected chi connectivity index (χ0v) is 12.5. The van der Waals surface area contributed by atoms with Crippen molar-refractivity contribution in [2.75, 3.05) is 6.54 Å². The Balaban J connectivity index is 1.52. The molecule has 1 aromatic rings. The number of nitrogens with one attached hydrogen (secondary N) is 2. The topological polar surface area (TPSA) is 58.2 Å². The Hall–Kier alpha value is -1.91. The van der Waals surface area contributed by atoms with Crippen molar-refractivity contribution in [3.63, 3.8) is 0 Å². The normalized spacial score (nSPS) is 19.7. The Morgan fingerprint density at radius 3 is 2.32 bits per heavy atom. The highest BCUT2D eigenvalue weighted by molar-refractivity contribution is 6.35. The van der Waals surface area contributed by atoms with E-state index in [1.54, 1.807) is 12.1 Å². The summed E-state index contributed by atoms with van der Waals surface area (Å²) in [6, 6.07) is 6.53. The maximum atomic E-state index is 13.0. The van der Waals surface area contributed by atoms with E-state index in [1.165, 1.54) is 12.1 Å². The van der Waals surface area contributed by atoms with E-state index >= 15 is 0 Å². The van der Waals surface area contributed by atoms with E-state index in [0.717, 1.165) is 44.1 Å². The molecule has 0 unspecified atom stereocenters. The largest absolute Gasteiger partial charge is 0.347 e. The number of rotatable bonds is 4. The van der Waals surface area contributed by atoms with E-state index in [0.29, 0.717) is 6.54 Å². The molecule has 118 valence electrons. The Morgan fingerprint density at radius 1 is 1.09 bits per heavy atom. The van der Waals surface area contributed by atoms with Crippen LogP contribution in [0.25, 0.3) is 0 Å². The van der Waals surface area contributed by atoms with Gasteiger partial charge in [-0.05, 0) is 43.4 Å². The lowest BCUT2D eigenvalue weighted by molar-refractivity contribution is -0.139. The third-order valence-corrected chi connectivity index (χ3v) is 4.79. The highest BCUT2D eigenvalue weighted by atomic mass is 19.1. The monoisotopic (exact) mass is 304 g/mol. The number of hydrogen-bond donors (Lipinski definition) is 2. The maximum absolute atomic E-state index is 13.0. The Labute approximate surface area is 129 Å². The number of hydrogen-bond acceptors (Lipinski definition) is 2. The summed E-state index contributed by atoms with van der Waals surface area (Å²) >= 11 is 0. The predicted octanol–water partition coefficient (Wildman–Crippen LogP) is 2.03. The van der Waals surface area contributed by atoms with Gasteiger partial charge < -0.3 is 10.6 Å². The van der Waals surface area contributed by atoms with Crippen molar-refractivity contribution >= 4 is 11.8 Å². The molecule has 0 bridgehead atoms. The quantitative estimate of drug-likeness (QED) is 0.836. The molecule has 5 heteroatoms. The fraction of sp³-hybridized carbons (Fsp3) is 0.529. The summed E-state index contributed by atoms with van der Waals surface area (Å²) in [5, 5.41) is 5.51. The molecule has 22 heavy (non-hydrogen) atoms. The third kappa shape index (κ3) is 3.29. The van der Waals surface area contributed by atoms with Crippen molar-refractivity contribution in [1.29, 1.82) is 0 Å². The van der Waals surface area contributed by atoms with E-state index in [-0.39, 0.29) is 17.3 Å². The first-order valence-corrected chi connectivity index (χ1v) is 7.94. The van der Waals surface area contributed by atoms with E-state index < -0.39 is 11.8 Å². The second-order valence-electron chi connectivity index (χ2n) is 6.42. The van der Waals surface area contributed by atoms with E-state index in [9.17, 15) is 14.0 Å². The summed E-state index contributed by atoms with van der Waals surface area (Å²) in [7, 11) is 0. The van der Waals surface area contributed by atoms with Crippen LogP contribution in [-0.4, -0.2) is 24.4 Å². The molecule has 0 aliphatic heterocycles. The molecule has 0 spiro atoms.